The number of carbonyl (C=O) groups is 1. The summed E-state index contributed by atoms with van der Waals surface area (Å²) in [5.74, 6) is 0.518. The van der Waals surface area contributed by atoms with Crippen LogP contribution in [0, 0.1) is 5.92 Å². The summed E-state index contributed by atoms with van der Waals surface area (Å²) in [5, 5.41) is 2.80. The van der Waals surface area contributed by atoms with Crippen LogP contribution in [0.5, 0.6) is 5.75 Å². The van der Waals surface area contributed by atoms with Gasteiger partial charge in [0.15, 0.2) is 5.75 Å². The van der Waals surface area contributed by atoms with Crippen LogP contribution in [0.4, 0.5) is 5.69 Å². The molecule has 0 saturated heterocycles. The van der Waals surface area contributed by atoms with Crippen molar-refractivity contribution < 1.29 is 9.32 Å². The fourth-order valence-electron chi connectivity index (χ4n) is 1.14. The van der Waals surface area contributed by atoms with Gasteiger partial charge in [-0.3, -0.25) is 4.79 Å². The summed E-state index contributed by atoms with van der Waals surface area (Å²) in [4.78, 5) is 11.6. The smallest absolute Gasteiger partial charge is 0.326 e. The Hall–Kier alpha value is -1.74. The molecule has 0 fully saturated rings. The Morgan fingerprint density at radius 2 is 2.22 bits per heavy atom. The zero-order valence-electron chi connectivity index (χ0n) is 10.8. The Morgan fingerprint density at radius 3 is 2.78 bits per heavy atom. The number of hydrogen-bond donors (Lipinski definition) is 1. The van der Waals surface area contributed by atoms with E-state index < -0.39 is 8.09 Å². The number of amides is 1. The second-order valence-corrected chi connectivity index (χ2v) is 5.23. The van der Waals surface area contributed by atoms with E-state index in [4.69, 9.17) is 4.52 Å². The predicted molar refractivity (Wildman–Crippen MR) is 75.4 cm³/mol. The van der Waals surface area contributed by atoms with Gasteiger partial charge in [-0.25, -0.2) is 4.52 Å². The number of rotatable bonds is 5. The first-order valence-corrected chi connectivity index (χ1v) is 6.68. The highest BCUT2D eigenvalue weighted by molar-refractivity contribution is 7.40. The van der Waals surface area contributed by atoms with Crippen molar-refractivity contribution in [2.24, 2.45) is 15.4 Å². The fraction of sp³-hybridized carbons (Fsp3) is 0.333. The molecule has 6 heteroatoms. The van der Waals surface area contributed by atoms with Gasteiger partial charge in [0.25, 0.3) is 0 Å². The minimum atomic E-state index is -1.25. The predicted octanol–water partition coefficient (Wildman–Crippen LogP) is 3.49. The second kappa shape index (κ2) is 6.87. The first-order chi connectivity index (χ1) is 8.56. The molecule has 0 aromatic heterocycles. The maximum absolute atomic E-state index is 11.6. The van der Waals surface area contributed by atoms with Gasteiger partial charge in [-0.1, -0.05) is 19.9 Å². The van der Waals surface area contributed by atoms with E-state index in [0.29, 0.717) is 11.4 Å². The molecule has 1 aromatic carbocycles. The molecule has 1 N–H and O–H groups in total. The molecule has 96 valence electrons. The first kappa shape index (κ1) is 14.3. The third-order valence-electron chi connectivity index (χ3n) is 2.11. The van der Waals surface area contributed by atoms with Crippen LogP contribution in [-0.4, -0.2) is 19.7 Å². The van der Waals surface area contributed by atoms with Crippen molar-refractivity contribution in [3.63, 3.8) is 0 Å². The lowest BCUT2D eigenvalue weighted by Crippen LogP contribution is -2.17. The fourth-order valence-corrected chi connectivity index (χ4v) is 1.71. The van der Waals surface area contributed by atoms with Gasteiger partial charge in [0, 0.05) is 24.4 Å². The maximum Gasteiger partial charge on any atom is 0.583 e. The lowest BCUT2D eigenvalue weighted by Gasteiger charge is -2.07. The molecule has 5 nitrogen and oxygen atoms in total. The van der Waals surface area contributed by atoms with E-state index in [2.05, 4.69) is 21.5 Å². The SMILES string of the molecule is C=N[P+](=NC)Oc1cccc(NC(=O)C(C)C)c1. The van der Waals surface area contributed by atoms with Gasteiger partial charge in [0.1, 0.15) is 0 Å². The van der Waals surface area contributed by atoms with Crippen LogP contribution < -0.4 is 9.84 Å². The minimum Gasteiger partial charge on any atom is -0.326 e. The monoisotopic (exact) mass is 266 g/mol. The number of anilines is 1. The zero-order chi connectivity index (χ0) is 13.5. The normalized spacial score (nSPS) is 11.2. The van der Waals surface area contributed by atoms with Gasteiger partial charge in [0.2, 0.25) is 5.91 Å². The van der Waals surface area contributed by atoms with Crippen LogP contribution in [0.3, 0.4) is 0 Å². The summed E-state index contributed by atoms with van der Waals surface area (Å²) >= 11 is 0. The van der Waals surface area contributed by atoms with Crippen LogP contribution >= 0.6 is 8.09 Å². The third-order valence-corrected chi connectivity index (χ3v) is 3.06. The summed E-state index contributed by atoms with van der Waals surface area (Å²) in [6.07, 6.45) is 0. The second-order valence-electron chi connectivity index (χ2n) is 3.86. The minimum absolute atomic E-state index is 0.0311. The summed E-state index contributed by atoms with van der Waals surface area (Å²) in [5.41, 5.74) is 0.696. The van der Waals surface area contributed by atoms with Crippen molar-refractivity contribution in [3.8, 4) is 5.75 Å². The maximum atomic E-state index is 11.6. The average Bonchev–Trinajstić information content (AvgIpc) is 2.36. The van der Waals surface area contributed by atoms with E-state index in [1.54, 1.807) is 31.3 Å². The highest BCUT2D eigenvalue weighted by Gasteiger charge is 2.14. The zero-order valence-corrected chi connectivity index (χ0v) is 11.6. The molecular formula is C12H17N3O2P+. The molecule has 0 radical (unpaired) electrons. The average molecular weight is 266 g/mol. The van der Waals surface area contributed by atoms with Crippen molar-refractivity contribution in [2.75, 3.05) is 12.4 Å². The molecule has 1 atom stereocenters. The lowest BCUT2D eigenvalue weighted by molar-refractivity contribution is -0.118. The number of nitrogens with zero attached hydrogens (tertiary/aromatic N) is 2. The Morgan fingerprint density at radius 1 is 1.50 bits per heavy atom. The van der Waals surface area contributed by atoms with Crippen molar-refractivity contribution in [3.05, 3.63) is 24.3 Å². The van der Waals surface area contributed by atoms with Gasteiger partial charge in [-0.05, 0) is 21.6 Å². The Bertz CT molecular complexity index is 472. The molecule has 1 amide bonds. The van der Waals surface area contributed by atoms with Gasteiger partial charge in [0.05, 0.1) is 7.05 Å². The van der Waals surface area contributed by atoms with E-state index in [0.717, 1.165) is 0 Å². The van der Waals surface area contributed by atoms with E-state index >= 15 is 0 Å². The van der Waals surface area contributed by atoms with Crippen molar-refractivity contribution in [1.29, 1.82) is 0 Å². The number of carbonyl (C=O) groups excluding carboxylic acids is 1. The molecule has 0 heterocycles. The summed E-state index contributed by atoms with van der Waals surface area (Å²) in [6, 6.07) is 7.14. The van der Waals surface area contributed by atoms with Gasteiger partial charge >= 0.3 is 8.09 Å². The highest BCUT2D eigenvalue weighted by Crippen LogP contribution is 2.31. The van der Waals surface area contributed by atoms with E-state index in [-0.39, 0.29) is 11.8 Å². The molecule has 0 aliphatic heterocycles. The van der Waals surface area contributed by atoms with E-state index in [1.807, 2.05) is 13.8 Å². The molecule has 0 spiro atoms. The van der Waals surface area contributed by atoms with Crippen molar-refractivity contribution in [1.82, 2.24) is 0 Å². The first-order valence-electron chi connectivity index (χ1n) is 5.52. The molecule has 1 aromatic rings. The van der Waals surface area contributed by atoms with Gasteiger partial charge < -0.3 is 5.32 Å². The summed E-state index contributed by atoms with van der Waals surface area (Å²) in [6.45, 7) is 7.09. The number of benzene rings is 1. The number of nitrogens with one attached hydrogen (secondary N) is 1. The largest absolute Gasteiger partial charge is 0.583 e. The molecule has 0 aliphatic carbocycles. The van der Waals surface area contributed by atoms with Crippen molar-refractivity contribution >= 4 is 26.4 Å². The Labute approximate surface area is 108 Å². The molecule has 18 heavy (non-hydrogen) atoms. The summed E-state index contributed by atoms with van der Waals surface area (Å²) in [7, 11) is 0.378. The third kappa shape index (κ3) is 4.26. The highest BCUT2D eigenvalue weighted by atomic mass is 31.1. The molecule has 1 unspecified atom stereocenters. The van der Waals surface area contributed by atoms with Gasteiger partial charge in [-0.2, -0.15) is 0 Å². The van der Waals surface area contributed by atoms with Crippen LogP contribution in [0.1, 0.15) is 13.8 Å². The number of hydrogen-bond acceptors (Lipinski definition) is 3. The van der Waals surface area contributed by atoms with Crippen LogP contribution in [-0.2, 0) is 4.79 Å². The molecule has 0 aliphatic rings. The lowest BCUT2D eigenvalue weighted by atomic mass is 10.2. The standard InChI is InChI=1S/C12H16N3O2P/c1-9(2)12(16)15-10-6-5-7-11(8-10)17-18(13-3)14-4/h5-9H,3H2,1-2,4H3/p+1. The summed E-state index contributed by atoms with van der Waals surface area (Å²) < 4.78 is 13.2. The van der Waals surface area contributed by atoms with Crippen LogP contribution in [0.25, 0.3) is 0 Å². The Kier molecular flexibility index (Phi) is 5.46. The molecule has 0 saturated carbocycles. The van der Waals surface area contributed by atoms with E-state index in [9.17, 15) is 4.79 Å². The van der Waals surface area contributed by atoms with Crippen LogP contribution in [0.2, 0.25) is 0 Å². The van der Waals surface area contributed by atoms with Crippen LogP contribution in [0.15, 0.2) is 33.8 Å². The molecular weight excluding hydrogens is 249 g/mol. The quantitative estimate of drug-likeness (QED) is 0.655. The topological polar surface area (TPSA) is 63.1 Å². The molecule has 0 bridgehead atoms. The van der Waals surface area contributed by atoms with E-state index in [1.165, 1.54) is 0 Å². The molecule has 1 rings (SSSR count). The van der Waals surface area contributed by atoms with Crippen molar-refractivity contribution in [2.45, 2.75) is 13.8 Å². The van der Waals surface area contributed by atoms with Gasteiger partial charge in [-0.15, -0.1) is 0 Å². The Balaban J connectivity index is 2.79.